The van der Waals surface area contributed by atoms with Crippen LogP contribution in [0.25, 0.3) is 0 Å². The lowest BCUT2D eigenvalue weighted by molar-refractivity contribution is -0.137. The summed E-state index contributed by atoms with van der Waals surface area (Å²) < 4.78 is 22.7. The van der Waals surface area contributed by atoms with E-state index in [0.29, 0.717) is 0 Å². The van der Waals surface area contributed by atoms with E-state index in [4.69, 9.17) is 5.73 Å². The lowest BCUT2D eigenvalue weighted by Gasteiger charge is -2.32. The van der Waals surface area contributed by atoms with Crippen molar-refractivity contribution < 1.29 is 13.2 Å². The maximum absolute atomic E-state index is 12.3. The molecule has 2 N–H and O–H groups in total. The second-order valence-corrected chi connectivity index (χ2v) is 7.75. The van der Waals surface area contributed by atoms with E-state index >= 15 is 0 Å². The average Bonchev–Trinajstić information content (AvgIpc) is 2.97. The first-order valence-electron chi connectivity index (χ1n) is 6.39. The molecule has 0 aromatic carbocycles. The molecule has 0 aliphatic heterocycles. The highest BCUT2D eigenvalue weighted by molar-refractivity contribution is 7.90. The molecule has 7 heteroatoms. The number of amides is 1. The number of hydrogen-bond donors (Lipinski definition) is 1. The van der Waals surface area contributed by atoms with E-state index in [0.717, 1.165) is 12.8 Å². The highest BCUT2D eigenvalue weighted by Crippen LogP contribution is 2.30. The van der Waals surface area contributed by atoms with Gasteiger partial charge in [-0.15, -0.1) is 12.4 Å². The van der Waals surface area contributed by atoms with Crippen LogP contribution in [-0.4, -0.2) is 49.4 Å². The van der Waals surface area contributed by atoms with Gasteiger partial charge in [-0.05, 0) is 26.7 Å². The van der Waals surface area contributed by atoms with Crippen LogP contribution < -0.4 is 5.73 Å². The zero-order valence-electron chi connectivity index (χ0n) is 12.0. The van der Waals surface area contributed by atoms with Gasteiger partial charge >= 0.3 is 0 Å². The minimum atomic E-state index is -3.08. The Morgan fingerprint density at radius 3 is 2.11 bits per heavy atom. The second kappa shape index (κ2) is 6.90. The van der Waals surface area contributed by atoms with E-state index in [-0.39, 0.29) is 48.1 Å². The number of sulfone groups is 1. The first-order valence-corrected chi connectivity index (χ1v) is 8.45. The van der Waals surface area contributed by atoms with Gasteiger partial charge in [0.15, 0.2) is 0 Å². The molecule has 5 nitrogen and oxygen atoms in total. The number of hydrogen-bond acceptors (Lipinski definition) is 4. The summed E-state index contributed by atoms with van der Waals surface area (Å²) in [6.45, 7) is 5.40. The third-order valence-corrected chi connectivity index (χ3v) is 4.48. The maximum atomic E-state index is 12.3. The Bertz CT molecular complexity index is 407. The molecule has 114 valence electrons. The molecule has 1 fully saturated rings. The zero-order valence-corrected chi connectivity index (χ0v) is 13.6. The van der Waals surface area contributed by atoms with E-state index in [1.54, 1.807) is 25.7 Å². The van der Waals surface area contributed by atoms with Crippen molar-refractivity contribution in [3.63, 3.8) is 0 Å². The van der Waals surface area contributed by atoms with Gasteiger partial charge < -0.3 is 10.6 Å². The number of carbonyl (C=O) groups excluding carboxylic acids is 1. The Kier molecular flexibility index (Phi) is 6.78. The molecule has 3 unspecified atom stereocenters. The van der Waals surface area contributed by atoms with Crippen LogP contribution in [0, 0.1) is 5.92 Å². The van der Waals surface area contributed by atoms with E-state index in [1.807, 2.05) is 0 Å². The number of halogens is 1. The van der Waals surface area contributed by atoms with Gasteiger partial charge in [-0.25, -0.2) is 8.42 Å². The summed E-state index contributed by atoms with van der Waals surface area (Å²) in [7, 11) is -3.08. The Morgan fingerprint density at radius 2 is 1.79 bits per heavy atom. The van der Waals surface area contributed by atoms with Crippen molar-refractivity contribution in [2.24, 2.45) is 11.7 Å². The van der Waals surface area contributed by atoms with Crippen LogP contribution >= 0.6 is 12.4 Å². The topological polar surface area (TPSA) is 80.5 Å². The summed E-state index contributed by atoms with van der Waals surface area (Å²) >= 11 is 0. The molecule has 19 heavy (non-hydrogen) atoms. The quantitative estimate of drug-likeness (QED) is 0.787. The van der Waals surface area contributed by atoms with Crippen LogP contribution in [-0.2, 0) is 14.6 Å². The SMILES string of the molecule is CC(N)C(C)C(=O)N(C(C)CS(C)(=O)=O)C1CC1.Cl. The van der Waals surface area contributed by atoms with Gasteiger partial charge in [-0.1, -0.05) is 6.92 Å². The monoisotopic (exact) mass is 312 g/mol. The molecular weight excluding hydrogens is 288 g/mol. The van der Waals surface area contributed by atoms with Gasteiger partial charge in [0, 0.05) is 24.4 Å². The molecule has 1 aliphatic carbocycles. The highest BCUT2D eigenvalue weighted by Gasteiger charge is 2.38. The fraction of sp³-hybridized carbons (Fsp3) is 0.917. The van der Waals surface area contributed by atoms with Crippen LogP contribution in [0.5, 0.6) is 0 Å². The summed E-state index contributed by atoms with van der Waals surface area (Å²) in [4.78, 5) is 14.1. The molecule has 0 bridgehead atoms. The van der Waals surface area contributed by atoms with Crippen molar-refractivity contribution in [1.29, 1.82) is 0 Å². The third kappa shape index (κ3) is 5.67. The second-order valence-electron chi connectivity index (χ2n) is 5.57. The van der Waals surface area contributed by atoms with Crippen LogP contribution in [0.1, 0.15) is 33.6 Å². The number of rotatable bonds is 6. The molecule has 1 saturated carbocycles. The predicted octanol–water partition coefficient (Wildman–Crippen LogP) is 0.816. The molecule has 0 aromatic rings. The number of nitrogens with two attached hydrogens (primary N) is 1. The summed E-state index contributed by atoms with van der Waals surface area (Å²) in [6.07, 6.45) is 3.13. The van der Waals surface area contributed by atoms with Crippen molar-refractivity contribution in [2.75, 3.05) is 12.0 Å². The molecule has 0 radical (unpaired) electrons. The lowest BCUT2D eigenvalue weighted by atomic mass is 10.0. The molecule has 3 atom stereocenters. The normalized spacial score (nSPS) is 20.1. The Balaban J connectivity index is 0.00000324. The van der Waals surface area contributed by atoms with Crippen molar-refractivity contribution in [3.8, 4) is 0 Å². The van der Waals surface area contributed by atoms with Crippen molar-refractivity contribution in [2.45, 2.75) is 51.7 Å². The maximum Gasteiger partial charge on any atom is 0.227 e. The van der Waals surface area contributed by atoms with E-state index < -0.39 is 9.84 Å². The summed E-state index contributed by atoms with van der Waals surface area (Å²) in [5.74, 6) is -0.280. The molecule has 0 saturated heterocycles. The van der Waals surface area contributed by atoms with Gasteiger partial charge in [0.2, 0.25) is 5.91 Å². The first-order chi connectivity index (χ1) is 8.13. The number of carbonyl (C=O) groups is 1. The molecule has 1 amide bonds. The van der Waals surface area contributed by atoms with Crippen molar-refractivity contribution in [1.82, 2.24) is 4.90 Å². The Labute approximate surface area is 122 Å². The third-order valence-electron chi connectivity index (χ3n) is 3.39. The lowest BCUT2D eigenvalue weighted by Crippen LogP contribution is -2.49. The van der Waals surface area contributed by atoms with Crippen LogP contribution in [0.3, 0.4) is 0 Å². The zero-order chi connectivity index (χ0) is 14.1. The Hall–Kier alpha value is -0.330. The van der Waals surface area contributed by atoms with Crippen LogP contribution in [0.2, 0.25) is 0 Å². The summed E-state index contributed by atoms with van der Waals surface area (Å²) in [5, 5.41) is 0. The molecule has 0 heterocycles. The van der Waals surface area contributed by atoms with Gasteiger partial charge in [0.25, 0.3) is 0 Å². The highest BCUT2D eigenvalue weighted by atomic mass is 35.5. The Morgan fingerprint density at radius 1 is 1.32 bits per heavy atom. The van der Waals surface area contributed by atoms with Crippen LogP contribution in [0.4, 0.5) is 0 Å². The van der Waals surface area contributed by atoms with Crippen molar-refractivity contribution >= 4 is 28.2 Å². The fourth-order valence-corrected chi connectivity index (χ4v) is 3.13. The summed E-state index contributed by atoms with van der Waals surface area (Å²) in [6, 6.07) is -0.291. The standard InChI is InChI=1S/C12H24N2O3S.ClH/c1-8(7-18(4,16)17)14(11-5-6-11)12(15)9(2)10(3)13;/h8-11H,5-7,13H2,1-4H3;1H. The fourth-order valence-electron chi connectivity index (χ4n) is 2.09. The molecule has 0 spiro atoms. The average molecular weight is 313 g/mol. The summed E-state index contributed by atoms with van der Waals surface area (Å²) in [5.41, 5.74) is 5.76. The minimum absolute atomic E-state index is 0. The van der Waals surface area contributed by atoms with E-state index in [2.05, 4.69) is 0 Å². The van der Waals surface area contributed by atoms with Crippen molar-refractivity contribution in [3.05, 3.63) is 0 Å². The van der Waals surface area contributed by atoms with E-state index in [9.17, 15) is 13.2 Å². The van der Waals surface area contributed by atoms with Gasteiger partial charge in [0.05, 0.1) is 11.7 Å². The molecule has 1 rings (SSSR count). The van der Waals surface area contributed by atoms with E-state index in [1.165, 1.54) is 6.26 Å². The largest absolute Gasteiger partial charge is 0.336 e. The van der Waals surface area contributed by atoms with Gasteiger partial charge in [0.1, 0.15) is 9.84 Å². The minimum Gasteiger partial charge on any atom is -0.336 e. The number of nitrogens with zero attached hydrogens (tertiary/aromatic N) is 1. The molecule has 0 aromatic heterocycles. The van der Waals surface area contributed by atoms with Crippen LogP contribution in [0.15, 0.2) is 0 Å². The van der Waals surface area contributed by atoms with Gasteiger partial charge in [-0.3, -0.25) is 4.79 Å². The predicted molar refractivity (Wildman–Crippen MR) is 79.1 cm³/mol. The first kappa shape index (κ1) is 18.7. The smallest absolute Gasteiger partial charge is 0.227 e. The molecule has 1 aliphatic rings. The van der Waals surface area contributed by atoms with Gasteiger partial charge in [-0.2, -0.15) is 0 Å². The molecular formula is C12H25ClN2O3S.